The summed E-state index contributed by atoms with van der Waals surface area (Å²) in [5, 5.41) is 3.18. The number of piperazine rings is 1. The van der Waals surface area contributed by atoms with Crippen LogP contribution in [0, 0.1) is 5.41 Å². The highest BCUT2D eigenvalue weighted by Gasteiger charge is 2.37. The van der Waals surface area contributed by atoms with Gasteiger partial charge in [0.05, 0.1) is 5.41 Å². The fourth-order valence-electron chi connectivity index (χ4n) is 3.97. The molecule has 0 unspecified atom stereocenters. The van der Waals surface area contributed by atoms with E-state index in [9.17, 15) is 4.79 Å². The molecule has 0 aromatic carbocycles. The van der Waals surface area contributed by atoms with Crippen molar-refractivity contribution in [3.63, 3.8) is 0 Å². The molecule has 1 amide bonds. The van der Waals surface area contributed by atoms with Crippen LogP contribution in [-0.2, 0) is 4.79 Å². The number of anilines is 1. The van der Waals surface area contributed by atoms with Crippen LogP contribution in [-0.4, -0.2) is 84.6 Å². The zero-order valence-corrected chi connectivity index (χ0v) is 16.2. The molecule has 1 aromatic heterocycles. The third kappa shape index (κ3) is 4.71. The summed E-state index contributed by atoms with van der Waals surface area (Å²) in [6.07, 6.45) is 5.68. The summed E-state index contributed by atoms with van der Waals surface area (Å²) in [6.45, 7) is 12.8. The monoisotopic (exact) mass is 360 g/mol. The van der Waals surface area contributed by atoms with Gasteiger partial charge >= 0.3 is 0 Å². The number of carbonyl (C=O) groups excluding carboxylic acids is 1. The number of amides is 1. The SMILES string of the molecule is CCN1CCC[C@@](C)(C(=O)NCCN2CCN(c3ncccn3)CC2)C1. The van der Waals surface area contributed by atoms with E-state index < -0.39 is 0 Å². The topological polar surface area (TPSA) is 64.6 Å². The third-order valence-electron chi connectivity index (χ3n) is 5.69. The highest BCUT2D eigenvalue weighted by atomic mass is 16.2. The number of hydrogen-bond donors (Lipinski definition) is 1. The largest absolute Gasteiger partial charge is 0.354 e. The van der Waals surface area contributed by atoms with E-state index in [1.54, 1.807) is 12.4 Å². The van der Waals surface area contributed by atoms with Crippen LogP contribution >= 0.6 is 0 Å². The van der Waals surface area contributed by atoms with Crippen LogP contribution in [0.25, 0.3) is 0 Å². The smallest absolute Gasteiger partial charge is 0.227 e. The number of hydrogen-bond acceptors (Lipinski definition) is 6. The van der Waals surface area contributed by atoms with E-state index in [1.165, 1.54) is 0 Å². The Morgan fingerprint density at radius 3 is 2.58 bits per heavy atom. The van der Waals surface area contributed by atoms with Crippen molar-refractivity contribution in [1.82, 2.24) is 25.1 Å². The fourth-order valence-corrected chi connectivity index (χ4v) is 3.97. The van der Waals surface area contributed by atoms with Crippen LogP contribution in [0.5, 0.6) is 0 Å². The molecule has 2 aliphatic rings. The molecule has 0 bridgehead atoms. The molecule has 0 radical (unpaired) electrons. The minimum Gasteiger partial charge on any atom is -0.354 e. The van der Waals surface area contributed by atoms with Gasteiger partial charge in [0.1, 0.15) is 0 Å². The maximum atomic E-state index is 12.7. The first kappa shape index (κ1) is 19.0. The lowest BCUT2D eigenvalue weighted by molar-refractivity contribution is -0.133. The molecular weight excluding hydrogens is 328 g/mol. The maximum absolute atomic E-state index is 12.7. The molecule has 26 heavy (non-hydrogen) atoms. The second-order valence-electron chi connectivity index (χ2n) is 7.67. The molecule has 144 valence electrons. The van der Waals surface area contributed by atoms with Crippen LogP contribution in [0.15, 0.2) is 18.5 Å². The predicted octanol–water partition coefficient (Wildman–Crippen LogP) is 0.837. The highest BCUT2D eigenvalue weighted by molar-refractivity contribution is 5.82. The van der Waals surface area contributed by atoms with E-state index >= 15 is 0 Å². The molecule has 3 heterocycles. The average Bonchev–Trinajstić information content (AvgIpc) is 2.69. The Morgan fingerprint density at radius 2 is 1.88 bits per heavy atom. The lowest BCUT2D eigenvalue weighted by atomic mass is 9.81. The minimum absolute atomic E-state index is 0.215. The van der Waals surface area contributed by atoms with E-state index in [0.29, 0.717) is 0 Å². The first-order valence-electron chi connectivity index (χ1n) is 9.86. The van der Waals surface area contributed by atoms with Crippen LogP contribution < -0.4 is 10.2 Å². The Bertz CT molecular complexity index is 575. The summed E-state index contributed by atoms with van der Waals surface area (Å²) in [4.78, 5) is 28.3. The summed E-state index contributed by atoms with van der Waals surface area (Å²) < 4.78 is 0. The van der Waals surface area contributed by atoms with Gasteiger partial charge in [0, 0.05) is 58.2 Å². The number of nitrogens with zero attached hydrogens (tertiary/aromatic N) is 5. The fraction of sp³-hybridized carbons (Fsp3) is 0.737. The number of likely N-dealkylation sites (tertiary alicyclic amines) is 1. The molecule has 0 saturated carbocycles. The molecule has 0 spiro atoms. The molecule has 7 nitrogen and oxygen atoms in total. The standard InChI is InChI=1S/C19H32N6O/c1-3-23-10-4-6-19(2,16-23)17(26)20-9-11-24-12-14-25(15-13-24)18-21-7-5-8-22-18/h5,7-8H,3-4,6,9-16H2,1-2H3,(H,20,26)/t19-/m1/s1. The number of aromatic nitrogens is 2. The Balaban J connectivity index is 1.38. The van der Waals surface area contributed by atoms with Crippen LogP contribution in [0.2, 0.25) is 0 Å². The highest BCUT2D eigenvalue weighted by Crippen LogP contribution is 2.29. The van der Waals surface area contributed by atoms with Crippen LogP contribution in [0.4, 0.5) is 5.95 Å². The van der Waals surface area contributed by atoms with E-state index in [-0.39, 0.29) is 11.3 Å². The van der Waals surface area contributed by atoms with Crippen LogP contribution in [0.1, 0.15) is 26.7 Å². The number of piperidine rings is 1. The summed E-state index contributed by atoms with van der Waals surface area (Å²) in [6, 6.07) is 1.84. The summed E-state index contributed by atoms with van der Waals surface area (Å²) in [5.74, 6) is 1.03. The molecule has 1 atom stereocenters. The molecule has 1 aromatic rings. The summed E-state index contributed by atoms with van der Waals surface area (Å²) in [7, 11) is 0. The summed E-state index contributed by atoms with van der Waals surface area (Å²) in [5.41, 5.74) is -0.238. The van der Waals surface area contributed by atoms with Gasteiger partial charge in [-0.25, -0.2) is 9.97 Å². The first-order chi connectivity index (χ1) is 12.6. The Kier molecular flexibility index (Phi) is 6.43. The second kappa shape index (κ2) is 8.77. The van der Waals surface area contributed by atoms with Gasteiger partial charge in [-0.1, -0.05) is 6.92 Å². The second-order valence-corrected chi connectivity index (χ2v) is 7.67. The molecule has 2 saturated heterocycles. The molecule has 1 N–H and O–H groups in total. The third-order valence-corrected chi connectivity index (χ3v) is 5.69. The van der Waals surface area contributed by atoms with Crippen molar-refractivity contribution in [2.45, 2.75) is 26.7 Å². The predicted molar refractivity (Wildman–Crippen MR) is 103 cm³/mol. The Hall–Kier alpha value is -1.73. The van der Waals surface area contributed by atoms with Crippen molar-refractivity contribution in [3.05, 3.63) is 18.5 Å². The van der Waals surface area contributed by atoms with E-state index in [2.05, 4.69) is 43.8 Å². The zero-order valence-electron chi connectivity index (χ0n) is 16.2. The zero-order chi connectivity index (χ0) is 18.4. The number of rotatable bonds is 6. The van der Waals surface area contributed by atoms with Gasteiger partial charge in [-0.2, -0.15) is 0 Å². The first-order valence-corrected chi connectivity index (χ1v) is 9.86. The van der Waals surface area contributed by atoms with Gasteiger partial charge in [0.2, 0.25) is 11.9 Å². The normalized spacial score (nSPS) is 25.2. The number of carbonyl (C=O) groups is 1. The van der Waals surface area contributed by atoms with Crippen molar-refractivity contribution in [2.24, 2.45) is 5.41 Å². The lowest BCUT2D eigenvalue weighted by Crippen LogP contribution is -2.52. The van der Waals surface area contributed by atoms with Gasteiger partial charge in [-0.05, 0) is 38.9 Å². The number of nitrogens with one attached hydrogen (secondary N) is 1. The Morgan fingerprint density at radius 1 is 1.15 bits per heavy atom. The molecule has 0 aliphatic carbocycles. The molecule has 7 heteroatoms. The summed E-state index contributed by atoms with van der Waals surface area (Å²) >= 11 is 0. The van der Waals surface area contributed by atoms with Gasteiger partial charge < -0.3 is 15.1 Å². The van der Waals surface area contributed by atoms with Gasteiger partial charge in [-0.15, -0.1) is 0 Å². The average molecular weight is 361 g/mol. The van der Waals surface area contributed by atoms with Crippen molar-refractivity contribution in [2.75, 3.05) is 63.8 Å². The molecule has 2 fully saturated rings. The molecule has 2 aliphatic heterocycles. The quantitative estimate of drug-likeness (QED) is 0.811. The maximum Gasteiger partial charge on any atom is 0.227 e. The van der Waals surface area contributed by atoms with Gasteiger partial charge in [0.15, 0.2) is 0 Å². The van der Waals surface area contributed by atoms with Crippen molar-refractivity contribution >= 4 is 11.9 Å². The van der Waals surface area contributed by atoms with E-state index in [0.717, 1.165) is 77.7 Å². The molecule has 3 rings (SSSR count). The van der Waals surface area contributed by atoms with E-state index in [4.69, 9.17) is 0 Å². The minimum atomic E-state index is -0.238. The van der Waals surface area contributed by atoms with Crippen LogP contribution in [0.3, 0.4) is 0 Å². The van der Waals surface area contributed by atoms with Crippen molar-refractivity contribution in [1.29, 1.82) is 0 Å². The van der Waals surface area contributed by atoms with Crippen molar-refractivity contribution in [3.8, 4) is 0 Å². The molecular formula is C19H32N6O. The Labute approximate surface area is 156 Å². The van der Waals surface area contributed by atoms with Crippen molar-refractivity contribution < 1.29 is 4.79 Å². The van der Waals surface area contributed by atoms with Gasteiger partial charge in [-0.3, -0.25) is 9.69 Å². The van der Waals surface area contributed by atoms with Gasteiger partial charge in [0.25, 0.3) is 0 Å². The van der Waals surface area contributed by atoms with E-state index in [1.807, 2.05) is 6.07 Å². The lowest BCUT2D eigenvalue weighted by Gasteiger charge is -2.39.